The molecule has 0 spiro atoms. The normalized spacial score (nSPS) is 13.9. The minimum Gasteiger partial charge on any atom is -0.508 e. The number of aromatic hydroxyl groups is 1. The van der Waals surface area contributed by atoms with Crippen molar-refractivity contribution in [2.75, 3.05) is 0 Å². The fourth-order valence-electron chi connectivity index (χ4n) is 9.41. The van der Waals surface area contributed by atoms with E-state index in [9.17, 15) is 5.11 Å². The lowest BCUT2D eigenvalue weighted by molar-refractivity contribution is 0.451. The van der Waals surface area contributed by atoms with Crippen molar-refractivity contribution in [3.8, 4) is 5.75 Å². The van der Waals surface area contributed by atoms with E-state index in [1.165, 1.54) is 171 Å². The van der Waals surface area contributed by atoms with Gasteiger partial charge in [0.05, 0.1) is 0 Å². The molecule has 0 amide bonds. The second-order valence-corrected chi connectivity index (χ2v) is 17.6. The number of benzene rings is 3. The van der Waals surface area contributed by atoms with E-state index in [0.717, 1.165) is 0 Å². The summed E-state index contributed by atoms with van der Waals surface area (Å²) < 4.78 is 0. The van der Waals surface area contributed by atoms with Crippen LogP contribution in [0.5, 0.6) is 5.75 Å². The highest BCUT2D eigenvalue weighted by molar-refractivity contribution is 5.49. The molecule has 4 atom stereocenters. The molecule has 1 N–H and O–H groups in total. The molecular formula is C54H86O. The molecule has 0 aliphatic carbocycles. The molecular weight excluding hydrogens is 665 g/mol. The lowest BCUT2D eigenvalue weighted by Gasteiger charge is -2.31. The Kier molecular flexibility index (Phi) is 23.1. The molecule has 308 valence electrons. The molecule has 0 bridgehead atoms. The minimum absolute atomic E-state index is 0.206. The molecule has 0 fully saturated rings. The maximum Gasteiger partial charge on any atom is 0.119 e. The van der Waals surface area contributed by atoms with Gasteiger partial charge in [-0.25, -0.2) is 0 Å². The SMILES string of the molecule is CCCCCCCc1cccc(C(C)C(C)c2cccc(O)c2C(C)C(C)c2cccc(CCCCCCC)c2CCCCCCC)c1CCCCCCC. The van der Waals surface area contributed by atoms with Crippen molar-refractivity contribution >= 4 is 0 Å². The van der Waals surface area contributed by atoms with Crippen molar-refractivity contribution in [2.45, 2.75) is 233 Å². The maximum absolute atomic E-state index is 11.7. The zero-order valence-corrected chi connectivity index (χ0v) is 37.4. The molecule has 3 aromatic rings. The Morgan fingerprint density at radius 3 is 1.11 bits per heavy atom. The fourth-order valence-corrected chi connectivity index (χ4v) is 9.41. The first-order chi connectivity index (χ1) is 26.8. The highest BCUT2D eigenvalue weighted by Crippen LogP contribution is 2.46. The summed E-state index contributed by atoms with van der Waals surface area (Å²) in [5.41, 5.74) is 12.0. The van der Waals surface area contributed by atoms with Gasteiger partial charge in [-0.2, -0.15) is 0 Å². The van der Waals surface area contributed by atoms with E-state index >= 15 is 0 Å². The summed E-state index contributed by atoms with van der Waals surface area (Å²) in [6, 6.07) is 20.8. The number of phenolic OH excluding ortho intramolecular Hbond substituents is 1. The van der Waals surface area contributed by atoms with E-state index in [1.807, 2.05) is 6.07 Å². The molecule has 3 rings (SSSR count). The van der Waals surface area contributed by atoms with Gasteiger partial charge in [0.25, 0.3) is 0 Å². The molecule has 0 aliphatic heterocycles. The van der Waals surface area contributed by atoms with E-state index in [2.05, 4.69) is 104 Å². The standard InChI is InChI=1S/C54H86O/c1-9-13-17-21-25-32-46-34-29-38-48(51(46)36-27-23-19-15-11-3)42(5)43(6)50-40-31-41-53(55)54(50)45(8)44(7)49-39-30-35-47(33-26-22-18-14-10-2)52(49)37-28-24-20-16-12-4/h29-31,34-35,38-45,55H,9-28,32-33,36-37H2,1-8H3. The highest BCUT2D eigenvalue weighted by atomic mass is 16.3. The van der Waals surface area contributed by atoms with E-state index in [-0.39, 0.29) is 5.92 Å². The Morgan fingerprint density at radius 1 is 0.364 bits per heavy atom. The molecule has 0 aliphatic rings. The van der Waals surface area contributed by atoms with Crippen LogP contribution < -0.4 is 0 Å². The van der Waals surface area contributed by atoms with Gasteiger partial charge in [0.2, 0.25) is 0 Å². The molecule has 3 aromatic carbocycles. The van der Waals surface area contributed by atoms with Crippen LogP contribution in [0.2, 0.25) is 0 Å². The first-order valence-electron chi connectivity index (χ1n) is 23.8. The predicted octanol–water partition coefficient (Wildman–Crippen LogP) is 17.3. The summed E-state index contributed by atoms with van der Waals surface area (Å²) in [7, 11) is 0. The van der Waals surface area contributed by atoms with E-state index in [0.29, 0.717) is 23.5 Å². The predicted molar refractivity (Wildman–Crippen MR) is 245 cm³/mol. The Labute approximate surface area is 341 Å². The third kappa shape index (κ3) is 15.0. The lowest BCUT2D eigenvalue weighted by Crippen LogP contribution is -2.15. The number of hydrogen-bond donors (Lipinski definition) is 1. The summed E-state index contributed by atoms with van der Waals surface area (Å²) in [5.74, 6) is 1.65. The van der Waals surface area contributed by atoms with Gasteiger partial charge < -0.3 is 5.11 Å². The number of aryl methyl sites for hydroxylation is 2. The molecule has 1 heteroatoms. The van der Waals surface area contributed by atoms with Crippen LogP contribution >= 0.6 is 0 Å². The topological polar surface area (TPSA) is 20.2 Å². The van der Waals surface area contributed by atoms with Gasteiger partial charge in [-0.05, 0) is 120 Å². The van der Waals surface area contributed by atoms with Crippen molar-refractivity contribution in [3.05, 3.63) is 99.1 Å². The lowest BCUT2D eigenvalue weighted by atomic mass is 9.73. The third-order valence-electron chi connectivity index (χ3n) is 13.3. The number of rotatable bonds is 30. The molecule has 0 aromatic heterocycles. The van der Waals surface area contributed by atoms with E-state index in [1.54, 1.807) is 27.8 Å². The van der Waals surface area contributed by atoms with Crippen LogP contribution in [0.25, 0.3) is 0 Å². The van der Waals surface area contributed by atoms with Crippen molar-refractivity contribution in [1.29, 1.82) is 0 Å². The van der Waals surface area contributed by atoms with Crippen LogP contribution in [0, 0.1) is 0 Å². The molecule has 55 heavy (non-hydrogen) atoms. The number of unbranched alkanes of at least 4 members (excludes halogenated alkanes) is 16. The fraction of sp³-hybridized carbons (Fsp3) is 0.667. The first-order valence-corrected chi connectivity index (χ1v) is 23.8. The smallest absolute Gasteiger partial charge is 0.119 e. The molecule has 0 saturated carbocycles. The summed E-state index contributed by atoms with van der Waals surface area (Å²) in [5, 5.41) is 11.7. The molecule has 0 heterocycles. The summed E-state index contributed by atoms with van der Waals surface area (Å²) in [6.45, 7) is 19.0. The van der Waals surface area contributed by atoms with Crippen LogP contribution in [0.4, 0.5) is 0 Å². The largest absolute Gasteiger partial charge is 0.508 e. The van der Waals surface area contributed by atoms with Crippen molar-refractivity contribution < 1.29 is 5.11 Å². The second-order valence-electron chi connectivity index (χ2n) is 17.6. The van der Waals surface area contributed by atoms with Crippen LogP contribution in [-0.4, -0.2) is 5.11 Å². The number of hydrogen-bond acceptors (Lipinski definition) is 1. The van der Waals surface area contributed by atoms with Crippen molar-refractivity contribution in [3.63, 3.8) is 0 Å². The molecule has 1 nitrogen and oxygen atoms in total. The van der Waals surface area contributed by atoms with Gasteiger partial charge in [0.15, 0.2) is 0 Å². The monoisotopic (exact) mass is 751 g/mol. The Balaban J connectivity index is 1.95. The Bertz CT molecular complexity index is 1450. The zero-order valence-electron chi connectivity index (χ0n) is 37.4. The first kappa shape index (κ1) is 46.8. The summed E-state index contributed by atoms with van der Waals surface area (Å²) >= 11 is 0. The number of phenols is 1. The van der Waals surface area contributed by atoms with Crippen molar-refractivity contribution in [1.82, 2.24) is 0 Å². The van der Waals surface area contributed by atoms with Crippen LogP contribution in [0.1, 0.15) is 252 Å². The molecule has 0 radical (unpaired) electrons. The molecule has 0 saturated heterocycles. The maximum atomic E-state index is 11.7. The molecule has 4 unspecified atom stereocenters. The van der Waals surface area contributed by atoms with Gasteiger partial charge in [0, 0.05) is 5.56 Å². The van der Waals surface area contributed by atoms with Crippen LogP contribution in [-0.2, 0) is 25.7 Å². The third-order valence-corrected chi connectivity index (χ3v) is 13.3. The quantitative estimate of drug-likeness (QED) is 0.0673. The van der Waals surface area contributed by atoms with Gasteiger partial charge in [-0.3, -0.25) is 0 Å². The minimum atomic E-state index is 0.206. The van der Waals surface area contributed by atoms with Gasteiger partial charge in [0.1, 0.15) is 5.75 Å². The second kappa shape index (κ2) is 27.2. The van der Waals surface area contributed by atoms with Crippen LogP contribution in [0.3, 0.4) is 0 Å². The summed E-state index contributed by atoms with van der Waals surface area (Å²) in [6.07, 6.45) is 31.2. The average Bonchev–Trinajstić information content (AvgIpc) is 3.19. The van der Waals surface area contributed by atoms with Gasteiger partial charge in [-0.1, -0.05) is 207 Å². The Morgan fingerprint density at radius 2 is 0.691 bits per heavy atom. The average molecular weight is 751 g/mol. The van der Waals surface area contributed by atoms with Gasteiger partial charge >= 0.3 is 0 Å². The van der Waals surface area contributed by atoms with Crippen molar-refractivity contribution in [2.24, 2.45) is 0 Å². The van der Waals surface area contributed by atoms with E-state index < -0.39 is 0 Å². The van der Waals surface area contributed by atoms with Gasteiger partial charge in [-0.15, -0.1) is 0 Å². The Hall–Kier alpha value is -2.54. The zero-order chi connectivity index (χ0) is 39.8. The highest BCUT2D eigenvalue weighted by Gasteiger charge is 2.29. The van der Waals surface area contributed by atoms with E-state index in [4.69, 9.17) is 0 Å². The summed E-state index contributed by atoms with van der Waals surface area (Å²) in [4.78, 5) is 0. The van der Waals surface area contributed by atoms with Crippen LogP contribution in [0.15, 0.2) is 54.6 Å².